The molecule has 1 aliphatic heterocycles. The lowest BCUT2D eigenvalue weighted by molar-refractivity contribution is -0.137. The number of amides is 2. The topological polar surface area (TPSA) is 64.7 Å². The zero-order valence-corrected chi connectivity index (χ0v) is 24.7. The van der Waals surface area contributed by atoms with Gasteiger partial charge in [0.05, 0.1) is 5.56 Å². The summed E-state index contributed by atoms with van der Waals surface area (Å²) in [6.07, 6.45) is -4.43. The number of halogens is 3. The van der Waals surface area contributed by atoms with Gasteiger partial charge < -0.3 is 15.5 Å². The maximum Gasteiger partial charge on any atom is 0.416 e. The van der Waals surface area contributed by atoms with E-state index in [-0.39, 0.29) is 17.9 Å². The average Bonchev–Trinajstić information content (AvgIpc) is 3.02. The molecule has 1 unspecified atom stereocenters. The smallest absolute Gasteiger partial charge is 0.369 e. The van der Waals surface area contributed by atoms with Crippen LogP contribution in [0.5, 0.6) is 0 Å². The van der Waals surface area contributed by atoms with Gasteiger partial charge in [-0.25, -0.2) is 0 Å². The quantitative estimate of drug-likeness (QED) is 0.230. The number of alkyl halides is 3. The van der Waals surface area contributed by atoms with Crippen LogP contribution in [0.25, 0.3) is 11.1 Å². The molecule has 1 saturated heterocycles. The van der Waals surface area contributed by atoms with Crippen LogP contribution in [0.4, 0.5) is 24.5 Å². The van der Waals surface area contributed by atoms with E-state index in [0.717, 1.165) is 55.1 Å². The summed E-state index contributed by atoms with van der Waals surface area (Å²) < 4.78 is 39.1. The van der Waals surface area contributed by atoms with Gasteiger partial charge in [-0.2, -0.15) is 13.2 Å². The van der Waals surface area contributed by atoms with Crippen LogP contribution in [-0.4, -0.2) is 49.4 Å². The second-order valence-corrected chi connectivity index (χ2v) is 10.8. The Hall–Kier alpha value is -4.63. The summed E-state index contributed by atoms with van der Waals surface area (Å²) in [7, 11) is 0. The first-order chi connectivity index (χ1) is 21.2. The standard InChI is InChI=1S/C35H35F3N4O2/c1-3-39-34(44)32(26-9-5-4-6-10-26)42-21-19-41(20-22-42)31-18-17-28(23-24(31)2)40-33(43)30-12-8-7-11-29(30)25-13-15-27(16-14-25)35(36,37)38/h4-18,23,32H,3,19-22H2,1-2H3,(H,39,44)(H,40,43). The highest BCUT2D eigenvalue weighted by Gasteiger charge is 2.31. The molecule has 9 heteroatoms. The number of benzene rings is 4. The number of nitrogens with one attached hydrogen (secondary N) is 2. The summed E-state index contributed by atoms with van der Waals surface area (Å²) in [4.78, 5) is 30.8. The lowest BCUT2D eigenvalue weighted by atomic mass is 9.98. The van der Waals surface area contributed by atoms with E-state index < -0.39 is 11.7 Å². The molecule has 2 N–H and O–H groups in total. The largest absolute Gasteiger partial charge is 0.416 e. The molecule has 44 heavy (non-hydrogen) atoms. The van der Waals surface area contributed by atoms with Crippen molar-refractivity contribution < 1.29 is 22.8 Å². The first-order valence-electron chi connectivity index (χ1n) is 14.7. The molecule has 6 nitrogen and oxygen atoms in total. The van der Waals surface area contributed by atoms with E-state index in [1.165, 1.54) is 12.1 Å². The number of carbonyl (C=O) groups is 2. The number of carbonyl (C=O) groups excluding carboxylic acids is 2. The number of anilines is 2. The Morgan fingerprint density at radius 3 is 2.14 bits per heavy atom. The summed E-state index contributed by atoms with van der Waals surface area (Å²) in [6, 6.07) is 26.9. The highest BCUT2D eigenvalue weighted by atomic mass is 19.4. The fraction of sp³-hybridized carbons (Fsp3) is 0.257. The monoisotopic (exact) mass is 600 g/mol. The zero-order valence-electron chi connectivity index (χ0n) is 24.7. The van der Waals surface area contributed by atoms with E-state index in [2.05, 4.69) is 20.4 Å². The average molecular weight is 601 g/mol. The molecular formula is C35H35F3N4O2. The number of aryl methyl sites for hydroxylation is 1. The van der Waals surface area contributed by atoms with E-state index in [9.17, 15) is 22.8 Å². The Kier molecular flexibility index (Phi) is 9.35. The Labute approximate surface area is 255 Å². The molecule has 4 aromatic rings. The minimum atomic E-state index is -4.43. The zero-order chi connectivity index (χ0) is 31.3. The number of nitrogens with zero attached hydrogens (tertiary/aromatic N) is 2. The van der Waals surface area contributed by atoms with Gasteiger partial charge in [0, 0.05) is 49.7 Å². The summed E-state index contributed by atoms with van der Waals surface area (Å²) in [5.74, 6) is -0.345. The summed E-state index contributed by atoms with van der Waals surface area (Å²) >= 11 is 0. The lowest BCUT2D eigenvalue weighted by Crippen LogP contribution is -2.51. The van der Waals surface area contributed by atoms with Crippen molar-refractivity contribution in [3.63, 3.8) is 0 Å². The number of hydrogen-bond acceptors (Lipinski definition) is 4. The molecule has 1 fully saturated rings. The number of hydrogen-bond donors (Lipinski definition) is 2. The third-order valence-corrected chi connectivity index (χ3v) is 7.88. The van der Waals surface area contributed by atoms with Crippen molar-refractivity contribution in [3.8, 4) is 11.1 Å². The van der Waals surface area contributed by atoms with Crippen LogP contribution >= 0.6 is 0 Å². The van der Waals surface area contributed by atoms with Crippen molar-refractivity contribution in [1.82, 2.24) is 10.2 Å². The van der Waals surface area contributed by atoms with Crippen LogP contribution in [0.3, 0.4) is 0 Å². The third-order valence-electron chi connectivity index (χ3n) is 7.88. The van der Waals surface area contributed by atoms with Crippen molar-refractivity contribution >= 4 is 23.2 Å². The fourth-order valence-corrected chi connectivity index (χ4v) is 5.71. The second-order valence-electron chi connectivity index (χ2n) is 10.8. The Bertz CT molecular complexity index is 1600. The van der Waals surface area contributed by atoms with Crippen molar-refractivity contribution in [2.24, 2.45) is 0 Å². The van der Waals surface area contributed by atoms with E-state index in [0.29, 0.717) is 28.9 Å². The van der Waals surface area contributed by atoms with E-state index in [4.69, 9.17) is 0 Å². The van der Waals surface area contributed by atoms with Gasteiger partial charge >= 0.3 is 6.18 Å². The van der Waals surface area contributed by atoms with Gasteiger partial charge in [0.25, 0.3) is 5.91 Å². The minimum absolute atomic E-state index is 0.00307. The van der Waals surface area contributed by atoms with Gasteiger partial charge in [0.15, 0.2) is 0 Å². The predicted molar refractivity (Wildman–Crippen MR) is 168 cm³/mol. The van der Waals surface area contributed by atoms with Gasteiger partial charge in [-0.1, -0.05) is 60.7 Å². The van der Waals surface area contributed by atoms with Gasteiger partial charge in [-0.05, 0) is 72.5 Å². The highest BCUT2D eigenvalue weighted by molar-refractivity contribution is 6.08. The Morgan fingerprint density at radius 2 is 1.50 bits per heavy atom. The number of rotatable bonds is 8. The number of piperazine rings is 1. The van der Waals surface area contributed by atoms with Gasteiger partial charge in [0.2, 0.25) is 5.91 Å². The van der Waals surface area contributed by atoms with Crippen molar-refractivity contribution in [2.75, 3.05) is 42.9 Å². The highest BCUT2D eigenvalue weighted by Crippen LogP contribution is 2.33. The normalized spacial score (nSPS) is 14.6. The van der Waals surface area contributed by atoms with Gasteiger partial charge in [-0.15, -0.1) is 0 Å². The minimum Gasteiger partial charge on any atom is -0.369 e. The molecule has 0 aromatic heterocycles. The summed E-state index contributed by atoms with van der Waals surface area (Å²) in [5.41, 5.74) is 4.35. The maximum absolute atomic E-state index is 13.3. The Balaban J connectivity index is 1.26. The molecule has 0 aliphatic carbocycles. The molecule has 228 valence electrons. The molecular weight excluding hydrogens is 565 g/mol. The number of likely N-dealkylation sites (N-methyl/N-ethyl adjacent to an activating group) is 1. The first-order valence-corrected chi connectivity index (χ1v) is 14.7. The first kappa shape index (κ1) is 30.8. The van der Waals surface area contributed by atoms with Crippen molar-refractivity contribution in [2.45, 2.75) is 26.1 Å². The van der Waals surface area contributed by atoms with Gasteiger partial charge in [0.1, 0.15) is 6.04 Å². The van der Waals surface area contributed by atoms with Crippen LogP contribution in [-0.2, 0) is 11.0 Å². The van der Waals surface area contributed by atoms with Crippen LogP contribution < -0.4 is 15.5 Å². The molecule has 1 atom stereocenters. The van der Waals surface area contributed by atoms with Crippen molar-refractivity contribution in [3.05, 3.63) is 119 Å². The molecule has 5 rings (SSSR count). The maximum atomic E-state index is 13.3. The van der Waals surface area contributed by atoms with Crippen molar-refractivity contribution in [1.29, 1.82) is 0 Å². The van der Waals surface area contributed by atoms with Crippen LogP contribution in [0, 0.1) is 6.92 Å². The third kappa shape index (κ3) is 6.94. The molecule has 0 spiro atoms. The molecule has 1 aliphatic rings. The molecule has 0 radical (unpaired) electrons. The second kappa shape index (κ2) is 13.3. The SMILES string of the molecule is CCNC(=O)C(c1ccccc1)N1CCN(c2ccc(NC(=O)c3ccccc3-c3ccc(C(F)(F)F)cc3)cc2C)CC1. The van der Waals surface area contributed by atoms with Gasteiger partial charge in [-0.3, -0.25) is 14.5 Å². The summed E-state index contributed by atoms with van der Waals surface area (Å²) in [6.45, 7) is 7.42. The Morgan fingerprint density at radius 1 is 0.841 bits per heavy atom. The predicted octanol–water partition coefficient (Wildman–Crippen LogP) is 6.93. The summed E-state index contributed by atoms with van der Waals surface area (Å²) in [5, 5.41) is 5.93. The molecule has 4 aromatic carbocycles. The molecule has 1 heterocycles. The molecule has 2 amide bonds. The molecule has 0 bridgehead atoms. The lowest BCUT2D eigenvalue weighted by Gasteiger charge is -2.40. The fourth-order valence-electron chi connectivity index (χ4n) is 5.71. The van der Waals surface area contributed by atoms with Crippen LogP contribution in [0.2, 0.25) is 0 Å². The van der Waals surface area contributed by atoms with E-state index >= 15 is 0 Å². The van der Waals surface area contributed by atoms with Crippen LogP contribution in [0.1, 0.15) is 40.0 Å². The van der Waals surface area contributed by atoms with E-state index in [1.54, 1.807) is 24.3 Å². The van der Waals surface area contributed by atoms with Crippen LogP contribution in [0.15, 0.2) is 97.1 Å². The molecule has 0 saturated carbocycles. The van der Waals surface area contributed by atoms with E-state index in [1.807, 2.05) is 62.4 Å².